The molecule has 1 aromatic carbocycles. The van der Waals surface area contributed by atoms with Gasteiger partial charge in [0.2, 0.25) is 0 Å². The highest BCUT2D eigenvalue weighted by Gasteiger charge is 1.96. The lowest BCUT2D eigenvalue weighted by molar-refractivity contribution is 0.282. The molecule has 0 aliphatic carbocycles. The first-order chi connectivity index (χ1) is 12.2. The molecule has 0 aromatic heterocycles. The molecular formula is C23H41NO. The minimum atomic E-state index is 0.123. The number of hydrogen-bond donors (Lipinski definition) is 2. The van der Waals surface area contributed by atoms with Gasteiger partial charge in [-0.05, 0) is 30.0 Å². The molecule has 0 saturated heterocycles. The van der Waals surface area contributed by atoms with E-state index < -0.39 is 0 Å². The molecular weight excluding hydrogens is 306 g/mol. The van der Waals surface area contributed by atoms with E-state index in [-0.39, 0.29) is 6.61 Å². The van der Waals surface area contributed by atoms with Crippen molar-refractivity contribution in [3.8, 4) is 0 Å². The minimum Gasteiger partial charge on any atom is -0.392 e. The molecule has 0 aliphatic heterocycles. The van der Waals surface area contributed by atoms with Gasteiger partial charge in [-0.25, -0.2) is 0 Å². The van der Waals surface area contributed by atoms with Crippen LogP contribution in [0.5, 0.6) is 0 Å². The Kier molecular flexibility index (Phi) is 13.4. The molecule has 2 heteroatoms. The van der Waals surface area contributed by atoms with Gasteiger partial charge in [0.1, 0.15) is 0 Å². The number of anilines is 1. The molecule has 0 heterocycles. The van der Waals surface area contributed by atoms with Gasteiger partial charge in [-0.3, -0.25) is 0 Å². The molecule has 0 unspecified atom stereocenters. The number of hydrogen-bond acceptors (Lipinski definition) is 2. The largest absolute Gasteiger partial charge is 0.392 e. The van der Waals surface area contributed by atoms with Gasteiger partial charge in [0.15, 0.2) is 0 Å². The van der Waals surface area contributed by atoms with E-state index in [0.29, 0.717) is 0 Å². The molecule has 0 fully saturated rings. The average molecular weight is 348 g/mol. The molecule has 2 nitrogen and oxygen atoms in total. The molecule has 25 heavy (non-hydrogen) atoms. The molecule has 144 valence electrons. The zero-order valence-electron chi connectivity index (χ0n) is 16.7. The van der Waals surface area contributed by atoms with Crippen molar-refractivity contribution in [3.63, 3.8) is 0 Å². The molecule has 0 atom stereocenters. The van der Waals surface area contributed by atoms with Gasteiger partial charge in [0.05, 0.1) is 6.61 Å². The number of rotatable bonds is 16. The van der Waals surface area contributed by atoms with Crippen molar-refractivity contribution in [2.24, 2.45) is 5.92 Å². The van der Waals surface area contributed by atoms with E-state index in [9.17, 15) is 0 Å². The van der Waals surface area contributed by atoms with Crippen molar-refractivity contribution in [1.82, 2.24) is 0 Å². The average Bonchev–Trinajstić information content (AvgIpc) is 2.62. The molecule has 0 saturated carbocycles. The first kappa shape index (κ1) is 22.0. The zero-order chi connectivity index (χ0) is 18.2. The standard InChI is InChI=1S/C23H41NO/c1-21(2)14-12-10-8-6-4-3-5-7-9-11-13-19-24-23-17-15-22(20-25)16-18-23/h15-18,21,24-25H,3-14,19-20H2,1-2H3. The van der Waals surface area contributed by atoms with E-state index in [2.05, 4.69) is 19.2 Å². The van der Waals surface area contributed by atoms with Crippen LogP contribution in [-0.4, -0.2) is 11.7 Å². The fourth-order valence-corrected chi connectivity index (χ4v) is 3.23. The van der Waals surface area contributed by atoms with Crippen LogP contribution in [0.4, 0.5) is 5.69 Å². The molecule has 0 spiro atoms. The van der Waals surface area contributed by atoms with Crippen LogP contribution in [0.15, 0.2) is 24.3 Å². The number of aliphatic hydroxyl groups excluding tert-OH is 1. The summed E-state index contributed by atoms with van der Waals surface area (Å²) in [7, 11) is 0. The summed E-state index contributed by atoms with van der Waals surface area (Å²) in [5.41, 5.74) is 2.13. The Morgan fingerprint density at radius 3 is 1.68 bits per heavy atom. The summed E-state index contributed by atoms with van der Waals surface area (Å²) < 4.78 is 0. The summed E-state index contributed by atoms with van der Waals surface area (Å²) in [6.45, 7) is 5.82. The van der Waals surface area contributed by atoms with Gasteiger partial charge in [0, 0.05) is 12.2 Å². The molecule has 0 radical (unpaired) electrons. The summed E-state index contributed by atoms with van der Waals surface area (Å²) >= 11 is 0. The lowest BCUT2D eigenvalue weighted by Crippen LogP contribution is -2.01. The normalized spacial score (nSPS) is 11.2. The van der Waals surface area contributed by atoms with E-state index in [1.807, 2.05) is 24.3 Å². The van der Waals surface area contributed by atoms with Crippen LogP contribution < -0.4 is 5.32 Å². The lowest BCUT2D eigenvalue weighted by Gasteiger charge is -2.07. The second-order valence-corrected chi connectivity index (χ2v) is 7.85. The summed E-state index contributed by atoms with van der Waals surface area (Å²) in [6, 6.07) is 8.06. The second-order valence-electron chi connectivity index (χ2n) is 7.85. The highest BCUT2D eigenvalue weighted by atomic mass is 16.3. The van der Waals surface area contributed by atoms with E-state index >= 15 is 0 Å². The SMILES string of the molecule is CC(C)CCCCCCCCCCCCCNc1ccc(CO)cc1. The van der Waals surface area contributed by atoms with Gasteiger partial charge < -0.3 is 10.4 Å². The third-order valence-corrected chi connectivity index (χ3v) is 4.92. The van der Waals surface area contributed by atoms with Gasteiger partial charge in [-0.1, -0.05) is 96.6 Å². The number of nitrogens with one attached hydrogen (secondary N) is 1. The van der Waals surface area contributed by atoms with Crippen molar-refractivity contribution in [1.29, 1.82) is 0 Å². The van der Waals surface area contributed by atoms with Crippen LogP contribution in [0.2, 0.25) is 0 Å². The first-order valence-electron chi connectivity index (χ1n) is 10.7. The molecule has 0 amide bonds. The minimum absolute atomic E-state index is 0.123. The smallest absolute Gasteiger partial charge is 0.0681 e. The molecule has 1 rings (SSSR count). The fourth-order valence-electron chi connectivity index (χ4n) is 3.23. The third-order valence-electron chi connectivity index (χ3n) is 4.92. The molecule has 1 aromatic rings. The van der Waals surface area contributed by atoms with Crippen LogP contribution in [0.1, 0.15) is 96.5 Å². The van der Waals surface area contributed by atoms with Crippen molar-refractivity contribution < 1.29 is 5.11 Å². The molecule has 0 aliphatic rings. The van der Waals surface area contributed by atoms with E-state index in [1.54, 1.807) is 0 Å². The summed E-state index contributed by atoms with van der Waals surface area (Å²) in [4.78, 5) is 0. The Bertz CT molecular complexity index is 399. The fraction of sp³-hybridized carbons (Fsp3) is 0.739. The number of benzene rings is 1. The Balaban J connectivity index is 1.80. The maximum atomic E-state index is 9.03. The van der Waals surface area contributed by atoms with Crippen molar-refractivity contribution >= 4 is 5.69 Å². The predicted octanol–water partition coefficient (Wildman–Crippen LogP) is 6.93. The van der Waals surface area contributed by atoms with Crippen LogP contribution >= 0.6 is 0 Å². The van der Waals surface area contributed by atoms with Crippen LogP contribution in [-0.2, 0) is 6.61 Å². The van der Waals surface area contributed by atoms with E-state index in [1.165, 1.54) is 77.0 Å². The van der Waals surface area contributed by atoms with Gasteiger partial charge in [-0.2, -0.15) is 0 Å². The third kappa shape index (κ3) is 12.9. The zero-order valence-corrected chi connectivity index (χ0v) is 16.7. The summed E-state index contributed by atoms with van der Waals surface area (Å²) in [5.74, 6) is 0.877. The maximum absolute atomic E-state index is 9.03. The number of aliphatic hydroxyl groups is 1. The quantitative estimate of drug-likeness (QED) is 0.318. The number of unbranched alkanes of at least 4 members (excludes halogenated alkanes) is 10. The highest BCUT2D eigenvalue weighted by Crippen LogP contribution is 2.14. The van der Waals surface area contributed by atoms with Crippen molar-refractivity contribution in [2.75, 3.05) is 11.9 Å². The summed E-state index contributed by atoms with van der Waals surface area (Å²) in [6.07, 6.45) is 16.8. The first-order valence-corrected chi connectivity index (χ1v) is 10.7. The summed E-state index contributed by atoms with van der Waals surface area (Å²) in [5, 5.41) is 12.5. The Hall–Kier alpha value is -1.02. The second kappa shape index (κ2) is 15.3. The highest BCUT2D eigenvalue weighted by molar-refractivity contribution is 5.44. The maximum Gasteiger partial charge on any atom is 0.0681 e. The van der Waals surface area contributed by atoms with Crippen molar-refractivity contribution in [2.45, 2.75) is 97.5 Å². The Morgan fingerprint density at radius 1 is 0.720 bits per heavy atom. The topological polar surface area (TPSA) is 32.3 Å². The lowest BCUT2D eigenvalue weighted by atomic mass is 10.0. The Morgan fingerprint density at radius 2 is 1.20 bits per heavy atom. The van der Waals surface area contributed by atoms with Crippen LogP contribution in [0.3, 0.4) is 0 Å². The van der Waals surface area contributed by atoms with Gasteiger partial charge in [-0.15, -0.1) is 0 Å². The monoisotopic (exact) mass is 347 g/mol. The van der Waals surface area contributed by atoms with Gasteiger partial charge in [0.25, 0.3) is 0 Å². The van der Waals surface area contributed by atoms with Gasteiger partial charge >= 0.3 is 0 Å². The van der Waals surface area contributed by atoms with Crippen LogP contribution in [0, 0.1) is 5.92 Å². The van der Waals surface area contributed by atoms with E-state index in [0.717, 1.165) is 23.7 Å². The van der Waals surface area contributed by atoms with Crippen molar-refractivity contribution in [3.05, 3.63) is 29.8 Å². The predicted molar refractivity (Wildman–Crippen MR) is 111 cm³/mol. The molecule has 2 N–H and O–H groups in total. The Labute approximate surface area is 156 Å². The van der Waals surface area contributed by atoms with E-state index in [4.69, 9.17) is 5.11 Å². The van der Waals surface area contributed by atoms with Crippen LogP contribution in [0.25, 0.3) is 0 Å². The molecule has 0 bridgehead atoms.